The second-order valence-electron chi connectivity index (χ2n) is 5.34. The van der Waals surface area contributed by atoms with Crippen LogP contribution in [0.25, 0.3) is 5.69 Å². The molecule has 7 heteroatoms. The number of urea groups is 1. The highest BCUT2D eigenvalue weighted by Gasteiger charge is 2.20. The van der Waals surface area contributed by atoms with Crippen molar-refractivity contribution in [1.29, 1.82) is 0 Å². The molecule has 0 fully saturated rings. The molecule has 1 aromatic heterocycles. The van der Waals surface area contributed by atoms with Gasteiger partial charge in [0.25, 0.3) is 0 Å². The summed E-state index contributed by atoms with van der Waals surface area (Å²) < 4.78 is 6.57. The Balaban J connectivity index is 1.85. The number of rotatable bonds is 5. The van der Waals surface area contributed by atoms with Crippen LogP contribution in [-0.4, -0.2) is 28.4 Å². The maximum absolute atomic E-state index is 12.2. The fraction of sp³-hybridized carbons (Fsp3) is 0.105. The first kappa shape index (κ1) is 17.2. The van der Waals surface area contributed by atoms with Gasteiger partial charge in [-0.05, 0) is 31.2 Å². The van der Waals surface area contributed by atoms with Gasteiger partial charge in [-0.2, -0.15) is 0 Å². The van der Waals surface area contributed by atoms with Gasteiger partial charge in [0.2, 0.25) is 0 Å². The van der Waals surface area contributed by atoms with Crippen LogP contribution in [0.5, 0.6) is 0 Å². The summed E-state index contributed by atoms with van der Waals surface area (Å²) >= 11 is 0. The van der Waals surface area contributed by atoms with Crippen molar-refractivity contribution in [2.24, 2.45) is 0 Å². The standard InChI is InChI=1S/C19H18N4O3/c1-2-26-18(24)16-13-23(15-11-7-4-8-12-15)22-17(16)21-19(25)20-14-9-5-3-6-10-14/h3-13H,2H2,1H3,(H2,20,21,22,25). The molecule has 0 aliphatic rings. The lowest BCUT2D eigenvalue weighted by Crippen LogP contribution is -2.21. The average molecular weight is 350 g/mol. The van der Waals surface area contributed by atoms with Gasteiger partial charge in [0.1, 0.15) is 5.56 Å². The molecular formula is C19H18N4O3. The summed E-state index contributed by atoms with van der Waals surface area (Å²) in [5.74, 6) is -0.426. The van der Waals surface area contributed by atoms with Crippen molar-refractivity contribution in [3.8, 4) is 5.69 Å². The molecule has 0 aliphatic carbocycles. The minimum Gasteiger partial charge on any atom is -0.462 e. The van der Waals surface area contributed by atoms with Crippen LogP contribution in [0.1, 0.15) is 17.3 Å². The predicted octanol–water partition coefficient (Wildman–Crippen LogP) is 3.69. The number of carbonyl (C=O) groups excluding carboxylic acids is 2. The Morgan fingerprint density at radius 3 is 2.31 bits per heavy atom. The Kier molecular flexibility index (Phi) is 5.28. The quantitative estimate of drug-likeness (QED) is 0.687. The van der Waals surface area contributed by atoms with E-state index in [0.717, 1.165) is 5.69 Å². The Morgan fingerprint density at radius 2 is 1.65 bits per heavy atom. The van der Waals surface area contributed by atoms with Crippen LogP contribution in [-0.2, 0) is 4.74 Å². The van der Waals surface area contributed by atoms with Crippen LogP contribution in [0.2, 0.25) is 0 Å². The molecule has 0 unspecified atom stereocenters. The molecule has 0 saturated heterocycles. The van der Waals surface area contributed by atoms with Gasteiger partial charge in [-0.3, -0.25) is 5.32 Å². The molecule has 7 nitrogen and oxygen atoms in total. The molecule has 132 valence electrons. The third kappa shape index (κ3) is 4.07. The largest absolute Gasteiger partial charge is 0.462 e. The summed E-state index contributed by atoms with van der Waals surface area (Å²) in [4.78, 5) is 24.4. The third-order valence-electron chi connectivity index (χ3n) is 3.49. The number of carbonyl (C=O) groups is 2. The molecule has 3 rings (SSSR count). The number of hydrogen-bond acceptors (Lipinski definition) is 4. The molecule has 0 aliphatic heterocycles. The SMILES string of the molecule is CCOC(=O)c1cn(-c2ccccc2)nc1NC(=O)Nc1ccccc1. The van der Waals surface area contributed by atoms with E-state index in [1.165, 1.54) is 10.9 Å². The maximum atomic E-state index is 12.2. The Labute approximate surface area is 150 Å². The Hall–Kier alpha value is -3.61. The number of para-hydroxylation sites is 2. The smallest absolute Gasteiger partial charge is 0.343 e. The number of hydrogen-bond donors (Lipinski definition) is 2. The molecule has 2 amide bonds. The average Bonchev–Trinajstić information content (AvgIpc) is 3.07. The Bertz CT molecular complexity index is 892. The van der Waals surface area contributed by atoms with Crippen LogP contribution in [0.15, 0.2) is 66.9 Å². The van der Waals surface area contributed by atoms with E-state index in [1.54, 1.807) is 19.1 Å². The molecule has 3 aromatic rings. The number of nitrogens with one attached hydrogen (secondary N) is 2. The first-order chi connectivity index (χ1) is 12.7. The maximum Gasteiger partial charge on any atom is 0.343 e. The first-order valence-corrected chi connectivity index (χ1v) is 8.12. The van der Waals surface area contributed by atoms with E-state index in [9.17, 15) is 9.59 Å². The monoisotopic (exact) mass is 350 g/mol. The Morgan fingerprint density at radius 1 is 1.00 bits per heavy atom. The van der Waals surface area contributed by atoms with E-state index >= 15 is 0 Å². The van der Waals surface area contributed by atoms with Crippen LogP contribution >= 0.6 is 0 Å². The van der Waals surface area contributed by atoms with E-state index in [2.05, 4.69) is 15.7 Å². The summed E-state index contributed by atoms with van der Waals surface area (Å²) in [6, 6.07) is 17.8. The summed E-state index contributed by atoms with van der Waals surface area (Å²) in [7, 11) is 0. The van der Waals surface area contributed by atoms with Gasteiger partial charge in [0, 0.05) is 11.9 Å². The summed E-state index contributed by atoms with van der Waals surface area (Å²) in [6.45, 7) is 1.94. The highest BCUT2D eigenvalue weighted by molar-refractivity contribution is 6.04. The fourth-order valence-electron chi connectivity index (χ4n) is 2.33. The van der Waals surface area contributed by atoms with Gasteiger partial charge in [0.15, 0.2) is 5.82 Å². The summed E-state index contributed by atoms with van der Waals surface area (Å²) in [5.41, 5.74) is 1.57. The van der Waals surface area contributed by atoms with Crippen molar-refractivity contribution in [3.63, 3.8) is 0 Å². The predicted molar refractivity (Wildman–Crippen MR) is 98.6 cm³/mol. The van der Waals surface area contributed by atoms with Gasteiger partial charge in [-0.25, -0.2) is 14.3 Å². The van der Waals surface area contributed by atoms with Crippen LogP contribution < -0.4 is 10.6 Å². The number of esters is 1. The highest BCUT2D eigenvalue weighted by atomic mass is 16.5. The second-order valence-corrected chi connectivity index (χ2v) is 5.34. The van der Waals surface area contributed by atoms with E-state index in [0.29, 0.717) is 5.69 Å². The zero-order chi connectivity index (χ0) is 18.4. The van der Waals surface area contributed by atoms with Crippen molar-refractivity contribution < 1.29 is 14.3 Å². The van der Waals surface area contributed by atoms with Gasteiger partial charge in [-0.1, -0.05) is 36.4 Å². The molecule has 0 saturated carbocycles. The van der Waals surface area contributed by atoms with Gasteiger partial charge < -0.3 is 10.1 Å². The van der Waals surface area contributed by atoms with Crippen molar-refractivity contribution in [1.82, 2.24) is 9.78 Å². The molecule has 1 heterocycles. The van der Waals surface area contributed by atoms with Gasteiger partial charge >= 0.3 is 12.0 Å². The molecular weight excluding hydrogens is 332 g/mol. The number of amides is 2. The second kappa shape index (κ2) is 7.98. The van der Waals surface area contributed by atoms with Crippen LogP contribution in [0.4, 0.5) is 16.3 Å². The molecule has 0 radical (unpaired) electrons. The lowest BCUT2D eigenvalue weighted by atomic mass is 10.3. The van der Waals surface area contributed by atoms with E-state index in [1.807, 2.05) is 48.5 Å². The third-order valence-corrected chi connectivity index (χ3v) is 3.49. The van der Waals surface area contributed by atoms with E-state index in [-0.39, 0.29) is 18.0 Å². The topological polar surface area (TPSA) is 85.2 Å². The zero-order valence-electron chi connectivity index (χ0n) is 14.2. The molecule has 2 aromatic carbocycles. The minimum absolute atomic E-state index is 0.126. The van der Waals surface area contributed by atoms with Crippen LogP contribution in [0, 0.1) is 0 Å². The number of benzene rings is 2. The molecule has 0 bridgehead atoms. The van der Waals surface area contributed by atoms with Crippen molar-refractivity contribution in [2.45, 2.75) is 6.92 Å². The summed E-state index contributed by atoms with van der Waals surface area (Å²) in [6.07, 6.45) is 1.53. The zero-order valence-corrected chi connectivity index (χ0v) is 14.2. The molecule has 0 spiro atoms. The van der Waals surface area contributed by atoms with Crippen LogP contribution in [0.3, 0.4) is 0 Å². The molecule has 0 atom stereocenters. The van der Waals surface area contributed by atoms with Crippen molar-refractivity contribution in [2.75, 3.05) is 17.2 Å². The van der Waals surface area contributed by atoms with Crippen molar-refractivity contribution in [3.05, 3.63) is 72.4 Å². The lowest BCUT2D eigenvalue weighted by molar-refractivity contribution is 0.0527. The van der Waals surface area contributed by atoms with E-state index < -0.39 is 12.0 Å². The number of ether oxygens (including phenoxy) is 1. The van der Waals surface area contributed by atoms with Gasteiger partial charge in [-0.15, -0.1) is 5.10 Å². The summed E-state index contributed by atoms with van der Waals surface area (Å²) in [5, 5.41) is 9.60. The number of anilines is 2. The normalized spacial score (nSPS) is 10.2. The van der Waals surface area contributed by atoms with Gasteiger partial charge in [0.05, 0.1) is 12.3 Å². The molecule has 2 N–H and O–H groups in total. The van der Waals surface area contributed by atoms with Crippen molar-refractivity contribution >= 4 is 23.5 Å². The molecule has 26 heavy (non-hydrogen) atoms. The minimum atomic E-state index is -0.551. The highest BCUT2D eigenvalue weighted by Crippen LogP contribution is 2.18. The number of nitrogens with zero attached hydrogens (tertiary/aromatic N) is 2. The van der Waals surface area contributed by atoms with E-state index in [4.69, 9.17) is 4.74 Å². The first-order valence-electron chi connectivity index (χ1n) is 8.12. The number of aromatic nitrogens is 2. The lowest BCUT2D eigenvalue weighted by Gasteiger charge is -2.07. The fourth-order valence-corrected chi connectivity index (χ4v) is 2.33.